The van der Waals surface area contributed by atoms with Crippen LogP contribution in [-0.4, -0.2) is 6.15 Å². The van der Waals surface area contributed by atoms with Crippen molar-refractivity contribution < 1.29 is 4.57 Å². The fourth-order valence-corrected chi connectivity index (χ4v) is 6.06. The summed E-state index contributed by atoms with van der Waals surface area (Å²) in [6.07, 6.45) is 22.7. The Morgan fingerprint density at radius 3 is 1.23 bits per heavy atom. The Morgan fingerprint density at radius 1 is 0.487 bits per heavy atom. The number of hydrogen-bond donors (Lipinski definition) is 0. The Balaban J connectivity index is 0.000000568. The lowest BCUT2D eigenvalue weighted by atomic mass is 9.15. The Labute approximate surface area is 242 Å². The van der Waals surface area contributed by atoms with Gasteiger partial charge >= 0.3 is 0 Å². The molecule has 1 aromatic heterocycles. The van der Waals surface area contributed by atoms with Crippen LogP contribution in [0.1, 0.15) is 109 Å². The van der Waals surface area contributed by atoms with Gasteiger partial charge < -0.3 is 0 Å². The number of aromatic nitrogens is 1. The fourth-order valence-electron chi connectivity index (χ4n) is 6.06. The van der Waals surface area contributed by atoms with Gasteiger partial charge in [0.25, 0.3) is 0 Å². The molecule has 214 valence electrons. The van der Waals surface area contributed by atoms with Gasteiger partial charge in [0.05, 0.1) is 6.15 Å². The van der Waals surface area contributed by atoms with E-state index in [4.69, 9.17) is 0 Å². The number of benzene rings is 2. The van der Waals surface area contributed by atoms with Gasteiger partial charge in [-0.25, -0.2) is 15.5 Å². The lowest BCUT2D eigenvalue weighted by Crippen LogP contribution is -2.58. The molecule has 3 rings (SSSR count). The molecule has 39 heavy (non-hydrogen) atoms. The second-order valence-corrected chi connectivity index (χ2v) is 11.9. The van der Waals surface area contributed by atoms with E-state index in [1.807, 2.05) is 18.2 Å². The van der Waals surface area contributed by atoms with E-state index >= 15 is 0 Å². The van der Waals surface area contributed by atoms with Crippen molar-refractivity contribution in [1.82, 2.24) is 0 Å². The summed E-state index contributed by atoms with van der Waals surface area (Å²) in [5.41, 5.74) is 5.93. The van der Waals surface area contributed by atoms with E-state index < -0.39 is 6.15 Å². The predicted molar refractivity (Wildman–Crippen MR) is 176 cm³/mol. The van der Waals surface area contributed by atoms with Crippen molar-refractivity contribution in [2.75, 3.05) is 0 Å². The predicted octanol–water partition coefficient (Wildman–Crippen LogP) is 9.58. The number of nitrogens with zero attached hydrogens (tertiary/aromatic N) is 1. The molecule has 0 N–H and O–H groups in total. The summed E-state index contributed by atoms with van der Waals surface area (Å²) >= 11 is 0. The molecule has 0 radical (unpaired) electrons. The molecule has 1 nitrogen and oxygen atoms in total. The van der Waals surface area contributed by atoms with Crippen molar-refractivity contribution >= 4 is 17.1 Å². The zero-order valence-corrected chi connectivity index (χ0v) is 26.1. The minimum Gasteiger partial charge on any atom is -0.205 e. The topological polar surface area (TPSA) is 3.88 Å². The Kier molecular flexibility index (Phi) is 16.6. The smallest absolute Gasteiger partial charge is 0.168 e. The van der Waals surface area contributed by atoms with E-state index in [1.54, 1.807) is 10.9 Å². The van der Waals surface area contributed by atoms with Crippen LogP contribution in [-0.2, 0) is 6.54 Å². The first-order valence-corrected chi connectivity index (χ1v) is 16.3. The molecule has 0 fully saturated rings. The summed E-state index contributed by atoms with van der Waals surface area (Å²) in [7, 11) is 0. The Bertz CT molecular complexity index is 915. The summed E-state index contributed by atoms with van der Waals surface area (Å²) in [4.78, 5) is 0. The first kappa shape index (κ1) is 32.9. The van der Waals surface area contributed by atoms with Gasteiger partial charge in [-0.05, 0) is 20.8 Å². The standard InChI is InChI=1S/C30H48B.C7H10N/c1-5-7-9-11-13-15-25-31(26-16-14-12-10-8-6-2,29-21-17-27(3)18-22-29)30-23-19-28(4)20-24-30;1-2-8-6-4-3-5-7-8/h17-24H,5-16,25-26H2,1-4H3;3-7H,2H2,1H3/q-1;+1. The average molecular weight is 528 g/mol. The van der Waals surface area contributed by atoms with Crippen molar-refractivity contribution in [3.63, 3.8) is 0 Å². The van der Waals surface area contributed by atoms with E-state index in [9.17, 15) is 0 Å². The number of unbranched alkanes of at least 4 members (excludes halogenated alkanes) is 10. The zero-order chi connectivity index (χ0) is 28.2. The van der Waals surface area contributed by atoms with Crippen LogP contribution in [0.5, 0.6) is 0 Å². The van der Waals surface area contributed by atoms with Gasteiger partial charge in [-0.3, -0.25) is 0 Å². The minimum atomic E-state index is -0.689. The molecule has 0 bridgehead atoms. The molecule has 0 amide bonds. The number of rotatable bonds is 17. The molecule has 0 aliphatic carbocycles. The van der Waals surface area contributed by atoms with E-state index in [1.165, 1.54) is 101 Å². The molecule has 2 aromatic carbocycles. The van der Waals surface area contributed by atoms with Crippen LogP contribution in [0.4, 0.5) is 0 Å². The van der Waals surface area contributed by atoms with E-state index in [-0.39, 0.29) is 0 Å². The van der Waals surface area contributed by atoms with Crippen molar-refractivity contribution in [2.24, 2.45) is 0 Å². The van der Waals surface area contributed by atoms with Crippen LogP contribution in [0.2, 0.25) is 12.6 Å². The van der Waals surface area contributed by atoms with Gasteiger partial charge in [0, 0.05) is 12.1 Å². The maximum Gasteiger partial charge on any atom is 0.168 e. The third-order valence-corrected chi connectivity index (χ3v) is 8.67. The summed E-state index contributed by atoms with van der Waals surface area (Å²) in [6, 6.07) is 25.2. The molecular weight excluding hydrogens is 469 g/mol. The monoisotopic (exact) mass is 527 g/mol. The fraction of sp³-hybridized carbons (Fsp3) is 0.541. The largest absolute Gasteiger partial charge is 0.205 e. The van der Waals surface area contributed by atoms with Crippen molar-refractivity contribution in [3.8, 4) is 0 Å². The van der Waals surface area contributed by atoms with Gasteiger partial charge in [0.2, 0.25) is 0 Å². The molecule has 0 aliphatic heterocycles. The van der Waals surface area contributed by atoms with Crippen LogP contribution in [0, 0.1) is 13.8 Å². The number of pyridine rings is 1. The number of hydrogen-bond acceptors (Lipinski definition) is 0. The summed E-state index contributed by atoms with van der Waals surface area (Å²) in [6.45, 7) is 12.2. The van der Waals surface area contributed by atoms with E-state index in [0.717, 1.165) is 6.54 Å². The van der Waals surface area contributed by atoms with Crippen LogP contribution in [0.3, 0.4) is 0 Å². The summed E-state index contributed by atoms with van der Waals surface area (Å²) < 4.78 is 2.12. The molecule has 0 saturated heterocycles. The highest BCUT2D eigenvalue weighted by atomic mass is 14.9. The molecular formula is C37H58BN. The van der Waals surface area contributed by atoms with Crippen LogP contribution in [0.15, 0.2) is 79.1 Å². The van der Waals surface area contributed by atoms with Gasteiger partial charge in [-0.15, -0.1) is 0 Å². The molecule has 0 spiro atoms. The maximum atomic E-state index is 2.45. The van der Waals surface area contributed by atoms with Crippen LogP contribution in [0.25, 0.3) is 0 Å². The van der Waals surface area contributed by atoms with Gasteiger partial charge in [-0.1, -0.05) is 157 Å². The third kappa shape index (κ3) is 12.1. The summed E-state index contributed by atoms with van der Waals surface area (Å²) in [5.74, 6) is 0. The van der Waals surface area contributed by atoms with Crippen LogP contribution < -0.4 is 15.5 Å². The third-order valence-electron chi connectivity index (χ3n) is 8.67. The molecule has 0 aliphatic rings. The second-order valence-electron chi connectivity index (χ2n) is 11.9. The molecule has 1 heterocycles. The van der Waals surface area contributed by atoms with Crippen molar-refractivity contribution in [2.45, 2.75) is 131 Å². The lowest BCUT2D eigenvalue weighted by Gasteiger charge is -2.43. The molecule has 3 aromatic rings. The highest BCUT2D eigenvalue weighted by molar-refractivity contribution is 7.02. The molecule has 0 unspecified atom stereocenters. The summed E-state index contributed by atoms with van der Waals surface area (Å²) in [5, 5.41) is 0. The van der Waals surface area contributed by atoms with E-state index in [0.29, 0.717) is 0 Å². The quantitative estimate of drug-likeness (QED) is 0.0935. The number of aryl methyl sites for hydroxylation is 3. The maximum absolute atomic E-state index is 2.45. The average Bonchev–Trinajstić information content (AvgIpc) is 2.97. The SMILES string of the molecule is CCCCCCCC[B-](CCCCCCCC)(c1ccc(C)cc1)c1ccc(C)cc1.CC[n+]1ccccc1. The second kappa shape index (κ2) is 19.7. The highest BCUT2D eigenvalue weighted by Gasteiger charge is 2.27. The molecule has 2 heteroatoms. The first-order valence-electron chi connectivity index (χ1n) is 16.3. The van der Waals surface area contributed by atoms with Crippen molar-refractivity contribution in [3.05, 3.63) is 90.3 Å². The highest BCUT2D eigenvalue weighted by Crippen LogP contribution is 2.25. The minimum absolute atomic E-state index is 0.689. The molecule has 0 saturated carbocycles. The van der Waals surface area contributed by atoms with Gasteiger partial charge in [0.15, 0.2) is 12.4 Å². The normalized spacial score (nSPS) is 11.2. The Morgan fingerprint density at radius 2 is 0.872 bits per heavy atom. The van der Waals surface area contributed by atoms with Crippen molar-refractivity contribution in [1.29, 1.82) is 0 Å². The zero-order valence-electron chi connectivity index (χ0n) is 26.1. The van der Waals surface area contributed by atoms with E-state index in [2.05, 4.69) is 100 Å². The van der Waals surface area contributed by atoms with Gasteiger partial charge in [-0.2, -0.15) is 12.6 Å². The Hall–Kier alpha value is -2.35. The van der Waals surface area contributed by atoms with Gasteiger partial charge in [0.1, 0.15) is 6.54 Å². The van der Waals surface area contributed by atoms with Crippen LogP contribution >= 0.6 is 0 Å². The lowest BCUT2D eigenvalue weighted by molar-refractivity contribution is -0.693. The first-order chi connectivity index (χ1) is 19.1. The molecule has 0 atom stereocenters.